The minimum absolute atomic E-state index is 0.107. The minimum Gasteiger partial charge on any atom is -0.497 e. The van der Waals surface area contributed by atoms with Gasteiger partial charge in [-0.3, -0.25) is 14.2 Å². The van der Waals surface area contributed by atoms with Crippen molar-refractivity contribution in [1.82, 2.24) is 14.9 Å². The topological polar surface area (TPSA) is 73.2 Å². The van der Waals surface area contributed by atoms with Crippen molar-refractivity contribution >= 4 is 28.6 Å². The number of nitrogens with zero attached hydrogens (tertiary/aromatic N) is 2. The molecule has 0 aliphatic carbocycles. The molecule has 0 aliphatic heterocycles. The first-order valence-corrected chi connectivity index (χ1v) is 11.9. The van der Waals surface area contributed by atoms with Gasteiger partial charge >= 0.3 is 0 Å². The number of methoxy groups -OCH3 is 1. The normalized spacial score (nSPS) is 11.9. The van der Waals surface area contributed by atoms with E-state index in [1.165, 1.54) is 17.3 Å². The van der Waals surface area contributed by atoms with Crippen molar-refractivity contribution in [2.75, 3.05) is 7.11 Å². The van der Waals surface area contributed by atoms with Crippen LogP contribution in [0.2, 0.25) is 0 Å². The van der Waals surface area contributed by atoms with E-state index in [-0.39, 0.29) is 11.5 Å². The Morgan fingerprint density at radius 1 is 1.03 bits per heavy atom. The van der Waals surface area contributed by atoms with E-state index in [4.69, 9.17) is 9.72 Å². The molecule has 1 N–H and O–H groups in total. The quantitative estimate of drug-likeness (QED) is 0.300. The Labute approximate surface area is 203 Å². The first kappa shape index (κ1) is 23.6. The molecule has 1 amide bonds. The lowest BCUT2D eigenvalue weighted by Crippen LogP contribution is -2.31. The number of hydrogen-bond acceptors (Lipinski definition) is 5. The fraction of sp³-hybridized carbons (Fsp3) is 0.222. The van der Waals surface area contributed by atoms with E-state index >= 15 is 0 Å². The third kappa shape index (κ3) is 5.48. The van der Waals surface area contributed by atoms with E-state index < -0.39 is 5.25 Å². The predicted octanol–water partition coefficient (Wildman–Crippen LogP) is 4.56. The van der Waals surface area contributed by atoms with Crippen molar-refractivity contribution in [3.63, 3.8) is 0 Å². The first-order chi connectivity index (χ1) is 16.4. The molecule has 34 heavy (non-hydrogen) atoms. The van der Waals surface area contributed by atoms with E-state index in [2.05, 4.69) is 5.32 Å². The molecule has 174 valence electrons. The van der Waals surface area contributed by atoms with Crippen molar-refractivity contribution in [1.29, 1.82) is 0 Å². The molecule has 3 aromatic carbocycles. The third-order valence-corrected chi connectivity index (χ3v) is 6.66. The zero-order chi connectivity index (χ0) is 24.1. The Hall–Kier alpha value is -3.58. The van der Waals surface area contributed by atoms with Gasteiger partial charge in [0.2, 0.25) is 5.91 Å². The second-order valence-electron chi connectivity index (χ2n) is 8.11. The maximum atomic E-state index is 13.4. The summed E-state index contributed by atoms with van der Waals surface area (Å²) in [5, 5.41) is 3.62. The Kier molecular flexibility index (Phi) is 7.33. The molecule has 6 nitrogen and oxygen atoms in total. The van der Waals surface area contributed by atoms with Crippen LogP contribution in [0, 0.1) is 6.92 Å². The number of rotatable bonds is 8. The molecule has 0 aliphatic rings. The highest BCUT2D eigenvalue weighted by Crippen LogP contribution is 2.24. The Morgan fingerprint density at radius 3 is 2.41 bits per heavy atom. The van der Waals surface area contributed by atoms with Crippen LogP contribution >= 0.6 is 11.8 Å². The predicted molar refractivity (Wildman–Crippen MR) is 136 cm³/mol. The van der Waals surface area contributed by atoms with Crippen molar-refractivity contribution in [2.24, 2.45) is 0 Å². The zero-order valence-corrected chi connectivity index (χ0v) is 20.3. The zero-order valence-electron chi connectivity index (χ0n) is 19.4. The fourth-order valence-electron chi connectivity index (χ4n) is 3.54. The summed E-state index contributed by atoms with van der Waals surface area (Å²) in [5.41, 5.74) is 3.65. The average molecular weight is 474 g/mol. The summed E-state index contributed by atoms with van der Waals surface area (Å²) in [5.74, 6) is 0.644. The molecule has 4 rings (SSSR count). The van der Waals surface area contributed by atoms with Gasteiger partial charge in [-0.15, -0.1) is 0 Å². The summed E-state index contributed by atoms with van der Waals surface area (Å²) < 4.78 is 6.87. The van der Waals surface area contributed by atoms with Gasteiger partial charge in [0.15, 0.2) is 5.16 Å². The van der Waals surface area contributed by atoms with Crippen LogP contribution in [0.4, 0.5) is 0 Å². The molecule has 0 spiro atoms. The van der Waals surface area contributed by atoms with Crippen molar-refractivity contribution in [2.45, 2.75) is 37.3 Å². The number of hydrogen-bond donors (Lipinski definition) is 1. The van der Waals surface area contributed by atoms with Gasteiger partial charge in [-0.2, -0.15) is 0 Å². The molecule has 7 heteroatoms. The number of amides is 1. The van der Waals surface area contributed by atoms with E-state index in [0.29, 0.717) is 29.1 Å². The van der Waals surface area contributed by atoms with Crippen molar-refractivity contribution < 1.29 is 9.53 Å². The summed E-state index contributed by atoms with van der Waals surface area (Å²) in [6.45, 7) is 4.66. The molecular weight excluding hydrogens is 446 g/mol. The van der Waals surface area contributed by atoms with Gasteiger partial charge < -0.3 is 10.1 Å². The van der Waals surface area contributed by atoms with Gasteiger partial charge in [0.1, 0.15) is 5.75 Å². The van der Waals surface area contributed by atoms with Crippen molar-refractivity contribution in [3.05, 3.63) is 99.8 Å². The second kappa shape index (κ2) is 10.6. The summed E-state index contributed by atoms with van der Waals surface area (Å²) in [6.07, 6.45) is 0. The van der Waals surface area contributed by atoms with Crippen LogP contribution in [0.25, 0.3) is 10.9 Å². The number of aryl methyl sites for hydroxylation is 1. The highest BCUT2D eigenvalue weighted by atomic mass is 32.2. The SMILES string of the molecule is COc1ccc(Cn2c(SC(C)C(=O)NCc3ccc(C)cc3)nc3ccccc3c2=O)cc1. The van der Waals surface area contributed by atoms with Crippen LogP contribution in [0.1, 0.15) is 23.6 Å². The number of carbonyl (C=O) groups excluding carboxylic acids is 1. The van der Waals surface area contributed by atoms with E-state index in [1.807, 2.05) is 80.6 Å². The number of aromatic nitrogens is 2. The fourth-order valence-corrected chi connectivity index (χ4v) is 4.47. The second-order valence-corrected chi connectivity index (χ2v) is 9.42. The van der Waals surface area contributed by atoms with Gasteiger partial charge in [0.25, 0.3) is 5.56 Å². The molecule has 0 saturated heterocycles. The number of thioether (sulfide) groups is 1. The number of ether oxygens (including phenoxy) is 1. The van der Waals surface area contributed by atoms with Crippen molar-refractivity contribution in [3.8, 4) is 5.75 Å². The third-order valence-electron chi connectivity index (χ3n) is 5.57. The van der Waals surface area contributed by atoms with E-state index in [0.717, 1.165) is 16.9 Å². The number of para-hydroxylation sites is 1. The van der Waals surface area contributed by atoms with E-state index in [1.54, 1.807) is 17.7 Å². The maximum Gasteiger partial charge on any atom is 0.262 e. The molecule has 1 unspecified atom stereocenters. The maximum absolute atomic E-state index is 13.4. The summed E-state index contributed by atoms with van der Waals surface area (Å²) in [7, 11) is 1.62. The standard InChI is InChI=1S/C27H27N3O3S/c1-18-8-10-20(11-9-18)16-28-25(31)19(2)34-27-29-24-7-5-4-6-23(24)26(32)30(27)17-21-12-14-22(33-3)15-13-21/h4-15,19H,16-17H2,1-3H3,(H,28,31). The monoisotopic (exact) mass is 473 g/mol. The minimum atomic E-state index is -0.430. The van der Waals surface area contributed by atoms with Gasteiger partial charge in [-0.1, -0.05) is 65.9 Å². The molecule has 1 aromatic heterocycles. The molecular formula is C27H27N3O3S. The summed E-state index contributed by atoms with van der Waals surface area (Å²) >= 11 is 1.29. The first-order valence-electron chi connectivity index (χ1n) is 11.1. The molecule has 0 saturated carbocycles. The number of fused-ring (bicyclic) bond motifs is 1. The van der Waals surface area contributed by atoms with Crippen LogP contribution in [0.3, 0.4) is 0 Å². The van der Waals surface area contributed by atoms with Crippen LogP contribution in [0.5, 0.6) is 5.75 Å². The largest absolute Gasteiger partial charge is 0.497 e. The summed E-state index contributed by atoms with van der Waals surface area (Å²) in [6, 6.07) is 22.9. The van der Waals surface area contributed by atoms with Gasteiger partial charge in [0.05, 0.1) is 29.8 Å². The molecule has 4 aromatic rings. The van der Waals surface area contributed by atoms with Gasteiger partial charge in [-0.25, -0.2) is 4.98 Å². The van der Waals surface area contributed by atoms with Crippen LogP contribution < -0.4 is 15.6 Å². The lowest BCUT2D eigenvalue weighted by atomic mass is 10.1. The Morgan fingerprint density at radius 2 is 1.71 bits per heavy atom. The van der Waals surface area contributed by atoms with Crippen LogP contribution in [0.15, 0.2) is 82.7 Å². The van der Waals surface area contributed by atoms with Gasteiger partial charge in [-0.05, 0) is 49.2 Å². The molecule has 1 heterocycles. The highest BCUT2D eigenvalue weighted by molar-refractivity contribution is 8.00. The average Bonchev–Trinajstić information content (AvgIpc) is 2.86. The Bertz CT molecular complexity index is 1350. The summed E-state index contributed by atoms with van der Waals surface area (Å²) in [4.78, 5) is 30.9. The van der Waals surface area contributed by atoms with Gasteiger partial charge in [0, 0.05) is 6.54 Å². The molecule has 1 atom stereocenters. The van der Waals surface area contributed by atoms with Crippen LogP contribution in [-0.4, -0.2) is 27.8 Å². The highest BCUT2D eigenvalue weighted by Gasteiger charge is 2.19. The number of nitrogens with one attached hydrogen (secondary N) is 1. The smallest absolute Gasteiger partial charge is 0.262 e. The molecule has 0 bridgehead atoms. The molecule has 0 radical (unpaired) electrons. The Balaban J connectivity index is 1.58. The lowest BCUT2D eigenvalue weighted by Gasteiger charge is -2.17. The number of carbonyl (C=O) groups is 1. The van der Waals surface area contributed by atoms with Crippen LogP contribution in [-0.2, 0) is 17.9 Å². The lowest BCUT2D eigenvalue weighted by molar-refractivity contribution is -0.120. The van der Waals surface area contributed by atoms with E-state index in [9.17, 15) is 9.59 Å². The number of benzene rings is 3. The molecule has 0 fully saturated rings.